The summed E-state index contributed by atoms with van der Waals surface area (Å²) in [7, 11) is 0. The highest BCUT2D eigenvalue weighted by Gasteiger charge is 2.31. The van der Waals surface area contributed by atoms with E-state index in [1.807, 2.05) is 13.8 Å². The Kier molecular flexibility index (Phi) is 14.1. The van der Waals surface area contributed by atoms with Crippen LogP contribution in [-0.2, 0) is 19.2 Å². The van der Waals surface area contributed by atoms with Gasteiger partial charge in [0.1, 0.15) is 18.1 Å². The average Bonchev–Trinajstić information content (AvgIpc) is 2.68. The van der Waals surface area contributed by atoms with Crippen molar-refractivity contribution in [1.29, 1.82) is 0 Å². The third-order valence-corrected chi connectivity index (χ3v) is 5.08. The lowest BCUT2D eigenvalue weighted by atomic mass is 10.0. The number of carboxylic acid groups (broad SMARTS) is 1. The van der Waals surface area contributed by atoms with Crippen molar-refractivity contribution < 1.29 is 24.3 Å². The summed E-state index contributed by atoms with van der Waals surface area (Å²) >= 11 is 3.99. The maximum absolute atomic E-state index is 12.9. The van der Waals surface area contributed by atoms with E-state index in [0.717, 1.165) is 0 Å². The number of nitrogens with one attached hydrogen (secondary N) is 3. The normalized spacial score (nSPS) is 15.1. The second kappa shape index (κ2) is 15.0. The van der Waals surface area contributed by atoms with Crippen LogP contribution in [0.15, 0.2) is 0 Å². The highest BCUT2D eigenvalue weighted by atomic mass is 32.1. The van der Waals surface area contributed by atoms with Crippen molar-refractivity contribution in [2.75, 3.05) is 12.3 Å². The fourth-order valence-corrected chi connectivity index (χ4v) is 3.03. The van der Waals surface area contributed by atoms with Gasteiger partial charge in [-0.05, 0) is 44.1 Å². The Bertz CT molecular complexity index is 603. The average molecular weight is 462 g/mol. The summed E-state index contributed by atoms with van der Waals surface area (Å²) < 4.78 is 0. The molecule has 0 bridgehead atoms. The molecule has 0 aromatic rings. The second-order valence-corrected chi connectivity index (χ2v) is 8.76. The molecular weight excluding hydrogens is 422 g/mol. The molecule has 0 aromatic carbocycles. The topological polar surface area (TPSA) is 177 Å². The zero-order valence-electron chi connectivity index (χ0n) is 18.9. The largest absolute Gasteiger partial charge is 0.480 e. The monoisotopic (exact) mass is 461 g/mol. The van der Waals surface area contributed by atoms with E-state index in [1.54, 1.807) is 13.8 Å². The van der Waals surface area contributed by atoms with Crippen molar-refractivity contribution in [3.8, 4) is 0 Å². The number of amides is 3. The Hall–Kier alpha value is -1.85. The molecule has 0 aliphatic heterocycles. The van der Waals surface area contributed by atoms with Gasteiger partial charge in [-0.15, -0.1) is 0 Å². The molecule has 0 saturated heterocycles. The number of hydrogen-bond acceptors (Lipinski definition) is 7. The Morgan fingerprint density at radius 2 is 1.48 bits per heavy atom. The number of carboxylic acids is 1. The summed E-state index contributed by atoms with van der Waals surface area (Å²) in [6, 6.07) is -3.79. The molecule has 0 saturated carbocycles. The summed E-state index contributed by atoms with van der Waals surface area (Å²) in [5, 5.41) is 17.2. The van der Waals surface area contributed by atoms with E-state index >= 15 is 0 Å². The Labute approximate surface area is 190 Å². The first-order chi connectivity index (χ1) is 14.4. The lowest BCUT2D eigenvalue weighted by molar-refractivity contribution is -0.143. The maximum Gasteiger partial charge on any atom is 0.326 e. The molecule has 0 fully saturated rings. The van der Waals surface area contributed by atoms with Gasteiger partial charge in [-0.3, -0.25) is 14.4 Å². The molecular formula is C20H39N5O5S. The first-order valence-corrected chi connectivity index (χ1v) is 11.3. The van der Waals surface area contributed by atoms with Gasteiger partial charge in [0.25, 0.3) is 0 Å². The van der Waals surface area contributed by atoms with Crippen molar-refractivity contribution in [3.05, 3.63) is 0 Å². The van der Waals surface area contributed by atoms with Crippen molar-refractivity contribution in [2.24, 2.45) is 23.3 Å². The standard InChI is InChI=1S/C20H39N5O5S/c1-11(2)9-15(20(29)30)24-18(27)14(7-5-6-8-21)23-19(28)16(12(3)4)25-17(26)13(22)10-31/h11-16,31H,5-10,21-22H2,1-4H3,(H,23,28)(H,24,27)(H,25,26)(H,29,30). The minimum absolute atomic E-state index is 0.0586. The van der Waals surface area contributed by atoms with E-state index in [1.165, 1.54) is 0 Å². The number of nitrogens with two attached hydrogens (primary N) is 2. The predicted octanol–water partition coefficient (Wildman–Crippen LogP) is -0.386. The molecule has 11 heteroatoms. The van der Waals surface area contributed by atoms with Gasteiger partial charge in [0.05, 0.1) is 6.04 Å². The molecule has 4 unspecified atom stereocenters. The number of unbranched alkanes of at least 4 members (excludes halogenated alkanes) is 1. The van der Waals surface area contributed by atoms with Gasteiger partial charge in [-0.1, -0.05) is 27.7 Å². The predicted molar refractivity (Wildman–Crippen MR) is 122 cm³/mol. The SMILES string of the molecule is CC(C)CC(NC(=O)C(CCCCN)NC(=O)C(NC(=O)C(N)CS)C(C)C)C(=O)O. The van der Waals surface area contributed by atoms with Crippen LogP contribution in [0.3, 0.4) is 0 Å². The summed E-state index contributed by atoms with van der Waals surface area (Å²) in [5.74, 6) is -2.87. The van der Waals surface area contributed by atoms with Crippen LogP contribution >= 0.6 is 12.6 Å². The highest BCUT2D eigenvalue weighted by molar-refractivity contribution is 7.80. The summed E-state index contributed by atoms with van der Waals surface area (Å²) in [5.41, 5.74) is 11.2. The van der Waals surface area contributed by atoms with Gasteiger partial charge in [0.15, 0.2) is 0 Å². The summed E-state index contributed by atoms with van der Waals surface area (Å²) in [6.45, 7) is 7.65. The number of aliphatic carboxylic acids is 1. The van der Waals surface area contributed by atoms with Crippen LogP contribution in [0.4, 0.5) is 0 Å². The lowest BCUT2D eigenvalue weighted by Gasteiger charge is -2.27. The molecule has 10 nitrogen and oxygen atoms in total. The number of rotatable bonds is 15. The summed E-state index contributed by atoms with van der Waals surface area (Å²) in [6.07, 6.45) is 1.77. The molecule has 0 rings (SSSR count). The van der Waals surface area contributed by atoms with Crippen molar-refractivity contribution in [2.45, 2.75) is 77.5 Å². The molecule has 0 spiro atoms. The highest BCUT2D eigenvalue weighted by Crippen LogP contribution is 2.09. The van der Waals surface area contributed by atoms with Gasteiger partial charge >= 0.3 is 5.97 Å². The van der Waals surface area contributed by atoms with E-state index in [0.29, 0.717) is 19.4 Å². The van der Waals surface area contributed by atoms with Crippen LogP contribution in [0.2, 0.25) is 0 Å². The number of thiol groups is 1. The van der Waals surface area contributed by atoms with Gasteiger partial charge in [0, 0.05) is 5.75 Å². The fraction of sp³-hybridized carbons (Fsp3) is 0.800. The van der Waals surface area contributed by atoms with Gasteiger partial charge in [0.2, 0.25) is 17.7 Å². The molecule has 8 N–H and O–H groups in total. The lowest BCUT2D eigenvalue weighted by Crippen LogP contribution is -2.58. The first-order valence-electron chi connectivity index (χ1n) is 10.6. The quantitative estimate of drug-likeness (QED) is 0.128. The van der Waals surface area contributed by atoms with Crippen LogP contribution in [0.25, 0.3) is 0 Å². The van der Waals surface area contributed by atoms with Crippen LogP contribution < -0.4 is 27.4 Å². The molecule has 0 radical (unpaired) electrons. The first kappa shape index (κ1) is 29.1. The molecule has 0 heterocycles. The van der Waals surface area contributed by atoms with Gasteiger partial charge < -0.3 is 32.5 Å². The van der Waals surface area contributed by atoms with Gasteiger partial charge in [-0.2, -0.15) is 12.6 Å². The van der Waals surface area contributed by atoms with Crippen LogP contribution in [0, 0.1) is 11.8 Å². The molecule has 180 valence electrons. The number of carbonyl (C=O) groups is 4. The molecule has 3 amide bonds. The second-order valence-electron chi connectivity index (χ2n) is 8.39. The molecule has 0 aliphatic carbocycles. The molecule has 0 aromatic heterocycles. The summed E-state index contributed by atoms with van der Waals surface area (Å²) in [4.78, 5) is 49.3. The van der Waals surface area contributed by atoms with Crippen molar-refractivity contribution in [1.82, 2.24) is 16.0 Å². The van der Waals surface area contributed by atoms with E-state index in [-0.39, 0.29) is 30.4 Å². The molecule has 4 atom stereocenters. The third kappa shape index (κ3) is 11.4. The molecule has 0 aliphatic rings. The van der Waals surface area contributed by atoms with E-state index < -0.39 is 47.9 Å². The Morgan fingerprint density at radius 1 is 0.903 bits per heavy atom. The van der Waals surface area contributed by atoms with Crippen LogP contribution in [0.1, 0.15) is 53.4 Å². The third-order valence-electron chi connectivity index (χ3n) is 4.68. The molecule has 31 heavy (non-hydrogen) atoms. The Morgan fingerprint density at radius 3 is 1.94 bits per heavy atom. The Balaban J connectivity index is 5.40. The number of hydrogen-bond donors (Lipinski definition) is 7. The zero-order chi connectivity index (χ0) is 24.1. The van der Waals surface area contributed by atoms with Crippen molar-refractivity contribution >= 4 is 36.3 Å². The maximum atomic E-state index is 12.9. The minimum atomic E-state index is -1.14. The fourth-order valence-electron chi connectivity index (χ4n) is 2.87. The smallest absolute Gasteiger partial charge is 0.326 e. The van der Waals surface area contributed by atoms with Gasteiger partial charge in [-0.25, -0.2) is 4.79 Å². The van der Waals surface area contributed by atoms with E-state index in [9.17, 15) is 24.3 Å². The minimum Gasteiger partial charge on any atom is -0.480 e. The van der Waals surface area contributed by atoms with Crippen LogP contribution in [-0.4, -0.2) is 65.3 Å². The van der Waals surface area contributed by atoms with E-state index in [2.05, 4.69) is 28.6 Å². The van der Waals surface area contributed by atoms with Crippen molar-refractivity contribution in [3.63, 3.8) is 0 Å². The number of carbonyl (C=O) groups excluding carboxylic acids is 3. The zero-order valence-corrected chi connectivity index (χ0v) is 19.8. The van der Waals surface area contributed by atoms with E-state index in [4.69, 9.17) is 11.5 Å². The van der Waals surface area contributed by atoms with Crippen LogP contribution in [0.5, 0.6) is 0 Å².